The molecule has 10 heteroatoms. The molecule has 3 aromatic heterocycles. The van der Waals surface area contributed by atoms with Crippen LogP contribution >= 0.6 is 0 Å². The lowest BCUT2D eigenvalue weighted by atomic mass is 10.2. The lowest BCUT2D eigenvalue weighted by molar-refractivity contribution is 0.395. The first-order chi connectivity index (χ1) is 15.5. The summed E-state index contributed by atoms with van der Waals surface area (Å²) in [5.74, 6) is 1.66. The lowest BCUT2D eigenvalue weighted by Gasteiger charge is -2.36. The van der Waals surface area contributed by atoms with E-state index < -0.39 is 0 Å². The third-order valence-corrected chi connectivity index (χ3v) is 5.62. The van der Waals surface area contributed by atoms with Crippen molar-refractivity contribution in [3.8, 4) is 17.3 Å². The zero-order valence-electron chi connectivity index (χ0n) is 17.9. The number of aromatic nitrogens is 5. The fourth-order valence-corrected chi connectivity index (χ4v) is 3.91. The van der Waals surface area contributed by atoms with Crippen molar-refractivity contribution in [2.45, 2.75) is 6.92 Å². The molecule has 1 saturated heterocycles. The first-order valence-electron chi connectivity index (χ1n) is 10.3. The Hall–Kier alpha value is -4.08. The number of nitrogen functional groups attached to an aromatic ring is 1. The number of aryl methyl sites for hydroxylation is 1. The topological polar surface area (TPSA) is 118 Å². The Morgan fingerprint density at radius 1 is 0.938 bits per heavy atom. The lowest BCUT2D eigenvalue weighted by Crippen LogP contribution is -2.47. The van der Waals surface area contributed by atoms with Crippen LogP contribution in [0.15, 0.2) is 42.7 Å². The molecule has 164 valence electrons. The SMILES string of the molecule is COc1nc(C)ccc1-n1cnc2c(N)nc(N3CCN(c4ccc(O)cc4)CC3)nc21. The molecule has 4 heterocycles. The fraction of sp³-hybridized carbons (Fsp3) is 0.273. The van der Waals surface area contributed by atoms with Gasteiger partial charge in [-0.15, -0.1) is 0 Å². The average molecular weight is 432 g/mol. The van der Waals surface area contributed by atoms with Gasteiger partial charge >= 0.3 is 0 Å². The Kier molecular flexibility index (Phi) is 4.89. The molecule has 0 saturated carbocycles. The predicted molar refractivity (Wildman–Crippen MR) is 123 cm³/mol. The van der Waals surface area contributed by atoms with Crippen molar-refractivity contribution in [3.05, 3.63) is 48.4 Å². The van der Waals surface area contributed by atoms with Gasteiger partial charge in [0.05, 0.1) is 7.11 Å². The summed E-state index contributed by atoms with van der Waals surface area (Å²) >= 11 is 0. The molecule has 3 N–H and O–H groups in total. The van der Waals surface area contributed by atoms with Crippen LogP contribution in [0, 0.1) is 6.92 Å². The van der Waals surface area contributed by atoms with Crippen molar-refractivity contribution < 1.29 is 9.84 Å². The van der Waals surface area contributed by atoms with E-state index in [1.54, 1.807) is 25.6 Å². The molecule has 0 atom stereocenters. The maximum absolute atomic E-state index is 9.52. The molecule has 4 aromatic rings. The molecule has 5 rings (SSSR count). The number of benzene rings is 1. The minimum atomic E-state index is 0.265. The number of ether oxygens (including phenoxy) is 1. The van der Waals surface area contributed by atoms with Gasteiger partial charge in [0.2, 0.25) is 11.8 Å². The zero-order valence-corrected chi connectivity index (χ0v) is 17.9. The first-order valence-corrected chi connectivity index (χ1v) is 10.3. The highest BCUT2D eigenvalue weighted by molar-refractivity contribution is 5.84. The third-order valence-electron chi connectivity index (χ3n) is 5.62. The number of hydrogen-bond acceptors (Lipinski definition) is 9. The number of pyridine rings is 1. The number of anilines is 3. The molecule has 1 aromatic carbocycles. The van der Waals surface area contributed by atoms with Crippen LogP contribution in [0.5, 0.6) is 11.6 Å². The number of imidazole rings is 1. The van der Waals surface area contributed by atoms with Gasteiger partial charge in [0, 0.05) is 37.6 Å². The van der Waals surface area contributed by atoms with Crippen LogP contribution in [0.2, 0.25) is 0 Å². The number of nitrogens with zero attached hydrogens (tertiary/aromatic N) is 7. The van der Waals surface area contributed by atoms with Gasteiger partial charge < -0.3 is 25.4 Å². The Labute approximate surface area is 184 Å². The van der Waals surface area contributed by atoms with E-state index in [9.17, 15) is 5.11 Å². The van der Waals surface area contributed by atoms with Crippen LogP contribution in [0.1, 0.15) is 5.69 Å². The minimum Gasteiger partial charge on any atom is -0.508 e. The number of rotatable bonds is 4. The monoisotopic (exact) mass is 432 g/mol. The van der Waals surface area contributed by atoms with Crippen LogP contribution in [0.4, 0.5) is 17.5 Å². The van der Waals surface area contributed by atoms with Gasteiger partial charge in [-0.2, -0.15) is 9.97 Å². The van der Waals surface area contributed by atoms with E-state index in [1.165, 1.54) is 0 Å². The number of phenols is 1. The second-order valence-electron chi connectivity index (χ2n) is 7.67. The summed E-state index contributed by atoms with van der Waals surface area (Å²) in [7, 11) is 1.59. The average Bonchev–Trinajstić information content (AvgIpc) is 3.24. The number of methoxy groups -OCH3 is 1. The Balaban J connectivity index is 1.45. The van der Waals surface area contributed by atoms with E-state index in [4.69, 9.17) is 15.5 Å². The van der Waals surface area contributed by atoms with E-state index in [-0.39, 0.29) is 5.75 Å². The van der Waals surface area contributed by atoms with Crippen LogP contribution < -0.4 is 20.3 Å². The van der Waals surface area contributed by atoms with Crippen molar-refractivity contribution in [3.63, 3.8) is 0 Å². The summed E-state index contributed by atoms with van der Waals surface area (Å²) < 4.78 is 7.30. The molecule has 0 radical (unpaired) electrons. The van der Waals surface area contributed by atoms with Gasteiger partial charge in [-0.3, -0.25) is 4.57 Å². The van der Waals surface area contributed by atoms with Gasteiger partial charge in [-0.25, -0.2) is 9.97 Å². The van der Waals surface area contributed by atoms with Gasteiger partial charge in [0.15, 0.2) is 17.0 Å². The normalized spacial score (nSPS) is 14.2. The molecular weight excluding hydrogens is 408 g/mol. The number of phenolic OH excluding ortho intramolecular Hbond substituents is 1. The molecular formula is C22H24N8O2. The second-order valence-corrected chi connectivity index (χ2v) is 7.67. The number of piperazine rings is 1. The number of fused-ring (bicyclic) bond motifs is 1. The summed E-state index contributed by atoms with van der Waals surface area (Å²) in [5, 5.41) is 9.52. The zero-order chi connectivity index (χ0) is 22.2. The van der Waals surface area contributed by atoms with Gasteiger partial charge in [0.1, 0.15) is 17.8 Å². The predicted octanol–water partition coefficient (Wildman–Crippen LogP) is 2.14. The third kappa shape index (κ3) is 3.49. The molecule has 0 spiro atoms. The molecule has 32 heavy (non-hydrogen) atoms. The summed E-state index contributed by atoms with van der Waals surface area (Å²) in [6.45, 7) is 5.02. The maximum Gasteiger partial charge on any atom is 0.238 e. The molecule has 0 unspecified atom stereocenters. The molecule has 10 nitrogen and oxygen atoms in total. The standard InChI is InChI=1S/C22H24N8O2/c1-14-3-8-17(21(25-14)32-2)30-13-24-18-19(23)26-22(27-20(18)30)29-11-9-28(10-12-29)15-4-6-16(31)7-5-15/h3-8,13,31H,9-12H2,1-2H3,(H2,23,26,27). The minimum absolute atomic E-state index is 0.265. The summed E-state index contributed by atoms with van der Waals surface area (Å²) in [4.78, 5) is 22.6. The molecule has 1 aliphatic heterocycles. The van der Waals surface area contributed by atoms with E-state index in [2.05, 4.69) is 24.8 Å². The molecule has 0 bridgehead atoms. The largest absolute Gasteiger partial charge is 0.508 e. The van der Waals surface area contributed by atoms with Gasteiger partial charge in [-0.1, -0.05) is 0 Å². The van der Waals surface area contributed by atoms with E-state index in [0.29, 0.717) is 28.8 Å². The first kappa shape index (κ1) is 19.9. The highest BCUT2D eigenvalue weighted by Gasteiger charge is 2.22. The van der Waals surface area contributed by atoms with Crippen LogP contribution in [-0.2, 0) is 0 Å². The summed E-state index contributed by atoms with van der Waals surface area (Å²) in [6, 6.07) is 11.1. The van der Waals surface area contributed by atoms with Crippen molar-refractivity contribution in [1.29, 1.82) is 0 Å². The summed E-state index contributed by atoms with van der Waals surface area (Å²) in [6.07, 6.45) is 1.66. The molecule has 1 aliphatic rings. The Morgan fingerprint density at radius 3 is 2.38 bits per heavy atom. The highest BCUT2D eigenvalue weighted by Crippen LogP contribution is 2.28. The molecule has 0 amide bonds. The van der Waals surface area contributed by atoms with E-state index >= 15 is 0 Å². The van der Waals surface area contributed by atoms with Crippen LogP contribution in [0.3, 0.4) is 0 Å². The van der Waals surface area contributed by atoms with E-state index in [1.807, 2.05) is 35.8 Å². The number of aromatic hydroxyl groups is 1. The van der Waals surface area contributed by atoms with Gasteiger partial charge in [0.25, 0.3) is 0 Å². The number of hydrogen-bond donors (Lipinski definition) is 2. The van der Waals surface area contributed by atoms with Crippen LogP contribution in [-0.4, -0.2) is 62.9 Å². The van der Waals surface area contributed by atoms with Crippen molar-refractivity contribution in [2.75, 3.05) is 48.8 Å². The van der Waals surface area contributed by atoms with E-state index in [0.717, 1.165) is 43.2 Å². The summed E-state index contributed by atoms with van der Waals surface area (Å²) in [5.41, 5.74) is 10.1. The number of nitrogens with two attached hydrogens (primary N) is 1. The van der Waals surface area contributed by atoms with Crippen molar-refractivity contribution >= 4 is 28.6 Å². The van der Waals surface area contributed by atoms with Crippen molar-refractivity contribution in [2.24, 2.45) is 0 Å². The van der Waals surface area contributed by atoms with Crippen molar-refractivity contribution in [1.82, 2.24) is 24.5 Å². The smallest absolute Gasteiger partial charge is 0.238 e. The highest BCUT2D eigenvalue weighted by atomic mass is 16.5. The molecule has 0 aliphatic carbocycles. The Morgan fingerprint density at radius 2 is 1.66 bits per heavy atom. The Bertz CT molecular complexity index is 1260. The fourth-order valence-electron chi connectivity index (χ4n) is 3.91. The van der Waals surface area contributed by atoms with Gasteiger partial charge in [-0.05, 0) is 43.3 Å². The van der Waals surface area contributed by atoms with Crippen LogP contribution in [0.25, 0.3) is 16.9 Å². The maximum atomic E-state index is 9.52. The quantitative estimate of drug-likeness (QED) is 0.500. The second kappa shape index (κ2) is 7.88. The molecule has 1 fully saturated rings.